The Morgan fingerprint density at radius 2 is 1.67 bits per heavy atom. The van der Waals surface area contributed by atoms with E-state index in [4.69, 9.17) is 5.11 Å². The maximum atomic E-state index is 12.2. The standard InChI is InChI=1S/C15H20N2O4/c1-9-2-7-13(18)12(8-9)14(19)16-10-3-5-11(6-4-10)17-15(20)21/h2,7-8,10-11,17-18H,3-6H2,1H3,(H,16,19)(H,20,21). The van der Waals surface area contributed by atoms with E-state index in [9.17, 15) is 14.7 Å². The summed E-state index contributed by atoms with van der Waals surface area (Å²) >= 11 is 0. The van der Waals surface area contributed by atoms with Crippen molar-refractivity contribution >= 4 is 12.0 Å². The summed E-state index contributed by atoms with van der Waals surface area (Å²) in [6.07, 6.45) is 1.85. The lowest BCUT2D eigenvalue weighted by Gasteiger charge is -2.29. The average molecular weight is 292 g/mol. The molecule has 1 saturated carbocycles. The van der Waals surface area contributed by atoms with Crippen molar-refractivity contribution in [3.8, 4) is 5.75 Å². The number of nitrogens with one attached hydrogen (secondary N) is 2. The molecule has 4 N–H and O–H groups in total. The summed E-state index contributed by atoms with van der Waals surface area (Å²) in [7, 11) is 0. The van der Waals surface area contributed by atoms with Gasteiger partial charge in [-0.15, -0.1) is 0 Å². The topological polar surface area (TPSA) is 98.7 Å². The lowest BCUT2D eigenvalue weighted by molar-refractivity contribution is 0.0920. The molecule has 1 aromatic rings. The molecule has 0 unspecified atom stereocenters. The molecule has 1 aliphatic rings. The molecule has 1 fully saturated rings. The molecule has 1 aliphatic carbocycles. The third kappa shape index (κ3) is 4.11. The van der Waals surface area contributed by atoms with Crippen LogP contribution in [0.15, 0.2) is 18.2 Å². The highest BCUT2D eigenvalue weighted by atomic mass is 16.4. The number of aryl methyl sites for hydroxylation is 1. The smallest absolute Gasteiger partial charge is 0.404 e. The molecular formula is C15H20N2O4. The number of carbonyl (C=O) groups excluding carboxylic acids is 1. The summed E-state index contributed by atoms with van der Waals surface area (Å²) in [4.78, 5) is 22.7. The zero-order valence-corrected chi connectivity index (χ0v) is 11.9. The number of amides is 2. The quantitative estimate of drug-likeness (QED) is 0.685. The maximum Gasteiger partial charge on any atom is 0.404 e. The average Bonchev–Trinajstić information content (AvgIpc) is 2.43. The van der Waals surface area contributed by atoms with E-state index in [2.05, 4.69) is 10.6 Å². The second kappa shape index (κ2) is 6.47. The molecule has 1 aromatic carbocycles. The number of benzene rings is 1. The van der Waals surface area contributed by atoms with Gasteiger partial charge in [0.2, 0.25) is 0 Å². The van der Waals surface area contributed by atoms with Gasteiger partial charge in [0.15, 0.2) is 0 Å². The first-order valence-corrected chi connectivity index (χ1v) is 7.05. The third-order valence-electron chi connectivity index (χ3n) is 3.79. The van der Waals surface area contributed by atoms with E-state index < -0.39 is 6.09 Å². The van der Waals surface area contributed by atoms with Crippen LogP contribution in [-0.2, 0) is 0 Å². The normalized spacial score (nSPS) is 21.6. The molecule has 0 saturated heterocycles. The molecule has 0 heterocycles. The van der Waals surface area contributed by atoms with Crippen molar-refractivity contribution in [2.75, 3.05) is 0 Å². The molecule has 0 aliphatic heterocycles. The number of aromatic hydroxyl groups is 1. The summed E-state index contributed by atoms with van der Waals surface area (Å²) in [5.41, 5.74) is 1.19. The monoisotopic (exact) mass is 292 g/mol. The van der Waals surface area contributed by atoms with Gasteiger partial charge < -0.3 is 20.8 Å². The van der Waals surface area contributed by atoms with Crippen LogP contribution in [0.5, 0.6) is 5.75 Å². The maximum absolute atomic E-state index is 12.2. The van der Waals surface area contributed by atoms with Gasteiger partial charge in [0.25, 0.3) is 5.91 Å². The number of phenolic OH excluding ortho intramolecular Hbond substituents is 1. The van der Waals surface area contributed by atoms with Gasteiger partial charge in [-0.3, -0.25) is 4.79 Å². The van der Waals surface area contributed by atoms with Crippen LogP contribution in [0.25, 0.3) is 0 Å². The van der Waals surface area contributed by atoms with Crippen molar-refractivity contribution in [1.29, 1.82) is 0 Å². The van der Waals surface area contributed by atoms with Crippen LogP contribution in [-0.4, -0.2) is 34.3 Å². The molecule has 6 nitrogen and oxygen atoms in total. The van der Waals surface area contributed by atoms with Crippen LogP contribution in [0, 0.1) is 6.92 Å². The van der Waals surface area contributed by atoms with Crippen molar-refractivity contribution in [1.82, 2.24) is 10.6 Å². The van der Waals surface area contributed by atoms with Crippen LogP contribution < -0.4 is 10.6 Å². The number of rotatable bonds is 3. The second-order valence-electron chi connectivity index (χ2n) is 5.49. The first-order chi connectivity index (χ1) is 9.95. The summed E-state index contributed by atoms with van der Waals surface area (Å²) < 4.78 is 0. The second-order valence-corrected chi connectivity index (χ2v) is 5.49. The van der Waals surface area contributed by atoms with Crippen molar-refractivity contribution in [2.24, 2.45) is 0 Å². The van der Waals surface area contributed by atoms with Gasteiger partial charge in [0.1, 0.15) is 5.75 Å². The van der Waals surface area contributed by atoms with Gasteiger partial charge in [-0.25, -0.2) is 4.79 Å². The highest BCUT2D eigenvalue weighted by Crippen LogP contribution is 2.21. The van der Waals surface area contributed by atoms with Crippen molar-refractivity contribution in [2.45, 2.75) is 44.7 Å². The molecule has 0 spiro atoms. The highest BCUT2D eigenvalue weighted by Gasteiger charge is 2.24. The third-order valence-corrected chi connectivity index (χ3v) is 3.79. The predicted octanol–water partition coefficient (Wildman–Crippen LogP) is 2.01. The first kappa shape index (κ1) is 15.2. The number of hydrogen-bond donors (Lipinski definition) is 4. The van der Waals surface area contributed by atoms with E-state index in [1.807, 2.05) is 6.92 Å². The van der Waals surface area contributed by atoms with Crippen LogP contribution in [0.4, 0.5) is 4.79 Å². The van der Waals surface area contributed by atoms with Gasteiger partial charge in [-0.05, 0) is 44.7 Å². The molecule has 21 heavy (non-hydrogen) atoms. The minimum absolute atomic E-state index is 0.0178. The van der Waals surface area contributed by atoms with E-state index in [-0.39, 0.29) is 29.3 Å². The molecule has 6 heteroatoms. The summed E-state index contributed by atoms with van der Waals surface area (Å²) in [5.74, 6) is -0.315. The number of phenols is 1. The van der Waals surface area contributed by atoms with E-state index >= 15 is 0 Å². The van der Waals surface area contributed by atoms with E-state index in [1.165, 1.54) is 6.07 Å². The first-order valence-electron chi connectivity index (χ1n) is 7.05. The Balaban J connectivity index is 1.90. The van der Waals surface area contributed by atoms with E-state index in [1.54, 1.807) is 12.1 Å². The lowest BCUT2D eigenvalue weighted by atomic mass is 9.91. The molecule has 114 valence electrons. The Kier molecular flexibility index (Phi) is 4.67. The fourth-order valence-electron chi connectivity index (χ4n) is 2.65. The summed E-state index contributed by atoms with van der Waals surface area (Å²) in [6, 6.07) is 4.89. The van der Waals surface area contributed by atoms with Gasteiger partial charge in [-0.1, -0.05) is 11.6 Å². The minimum atomic E-state index is -1.01. The Bertz CT molecular complexity index is 536. The molecule has 2 amide bonds. The molecule has 0 radical (unpaired) electrons. The zero-order valence-electron chi connectivity index (χ0n) is 11.9. The SMILES string of the molecule is Cc1ccc(O)c(C(=O)NC2CCC(NC(=O)O)CC2)c1. The van der Waals surface area contributed by atoms with Crippen molar-refractivity contribution in [3.63, 3.8) is 0 Å². The number of hydrogen-bond acceptors (Lipinski definition) is 3. The van der Waals surface area contributed by atoms with Gasteiger partial charge in [0.05, 0.1) is 5.56 Å². The summed E-state index contributed by atoms with van der Waals surface area (Å²) in [5, 5.41) is 23.8. The van der Waals surface area contributed by atoms with E-state index in [0.717, 1.165) is 18.4 Å². The van der Waals surface area contributed by atoms with Crippen LogP contribution in [0.3, 0.4) is 0 Å². The molecule has 0 atom stereocenters. The molecular weight excluding hydrogens is 272 g/mol. The van der Waals surface area contributed by atoms with Crippen molar-refractivity contribution < 1.29 is 19.8 Å². The fourth-order valence-corrected chi connectivity index (χ4v) is 2.65. The van der Waals surface area contributed by atoms with Gasteiger partial charge in [-0.2, -0.15) is 0 Å². The van der Waals surface area contributed by atoms with Crippen LogP contribution in [0.2, 0.25) is 0 Å². The Hall–Kier alpha value is -2.24. The predicted molar refractivity (Wildman–Crippen MR) is 77.5 cm³/mol. The van der Waals surface area contributed by atoms with Crippen LogP contribution >= 0.6 is 0 Å². The number of carbonyl (C=O) groups is 2. The highest BCUT2D eigenvalue weighted by molar-refractivity contribution is 5.97. The molecule has 0 bridgehead atoms. The van der Waals surface area contributed by atoms with Crippen molar-refractivity contribution in [3.05, 3.63) is 29.3 Å². The Morgan fingerprint density at radius 1 is 1.10 bits per heavy atom. The zero-order chi connectivity index (χ0) is 15.4. The Labute approximate surface area is 123 Å². The molecule has 0 aromatic heterocycles. The van der Waals surface area contributed by atoms with Gasteiger partial charge >= 0.3 is 6.09 Å². The number of carboxylic acid groups (broad SMARTS) is 1. The Morgan fingerprint density at radius 3 is 2.24 bits per heavy atom. The van der Waals surface area contributed by atoms with Crippen LogP contribution in [0.1, 0.15) is 41.6 Å². The largest absolute Gasteiger partial charge is 0.507 e. The summed E-state index contributed by atoms with van der Waals surface area (Å²) in [6.45, 7) is 1.86. The minimum Gasteiger partial charge on any atom is -0.507 e. The lowest BCUT2D eigenvalue weighted by Crippen LogP contribution is -2.43. The van der Waals surface area contributed by atoms with Gasteiger partial charge in [0, 0.05) is 12.1 Å². The molecule has 2 rings (SSSR count). The fraction of sp³-hybridized carbons (Fsp3) is 0.467. The van der Waals surface area contributed by atoms with E-state index in [0.29, 0.717) is 12.8 Å².